The molecule has 1 N–H and O–H groups in total. The molecule has 1 aromatic rings. The van der Waals surface area contributed by atoms with E-state index in [0.29, 0.717) is 12.1 Å². The second-order valence-electron chi connectivity index (χ2n) is 3.05. The number of hydrogen-bond donors (Lipinski definition) is 1. The number of rotatable bonds is 4. The van der Waals surface area contributed by atoms with Gasteiger partial charge < -0.3 is 10.1 Å². The van der Waals surface area contributed by atoms with E-state index in [0.717, 1.165) is 5.56 Å². The van der Waals surface area contributed by atoms with Gasteiger partial charge in [0.05, 0.1) is 18.7 Å². The molecule has 0 aliphatic carbocycles. The summed E-state index contributed by atoms with van der Waals surface area (Å²) in [5.41, 5.74) is 1.60. The number of benzene rings is 1. The van der Waals surface area contributed by atoms with E-state index >= 15 is 0 Å². The molecule has 0 bridgehead atoms. The molecule has 0 fully saturated rings. The summed E-state index contributed by atoms with van der Waals surface area (Å²) in [7, 11) is 1.32. The molecule has 0 amide bonds. The highest BCUT2D eigenvalue weighted by molar-refractivity contribution is 5.81. The van der Waals surface area contributed by atoms with Crippen LogP contribution in [-0.4, -0.2) is 13.1 Å². The van der Waals surface area contributed by atoms with Crippen molar-refractivity contribution in [1.82, 2.24) is 5.32 Å². The lowest BCUT2D eigenvalue weighted by molar-refractivity contribution is -0.134. The second kappa shape index (κ2) is 6.25. The van der Waals surface area contributed by atoms with Crippen LogP contribution in [0.15, 0.2) is 36.5 Å². The van der Waals surface area contributed by atoms with Crippen molar-refractivity contribution in [3.63, 3.8) is 0 Å². The van der Waals surface area contributed by atoms with Gasteiger partial charge in [0.15, 0.2) is 0 Å². The highest BCUT2D eigenvalue weighted by Gasteiger charge is 1.94. The van der Waals surface area contributed by atoms with Crippen molar-refractivity contribution in [3.8, 4) is 6.07 Å². The third-order valence-electron chi connectivity index (χ3n) is 1.90. The Hall–Kier alpha value is -2.28. The van der Waals surface area contributed by atoms with E-state index in [2.05, 4.69) is 16.1 Å². The minimum atomic E-state index is -0.404. The molecule has 0 aliphatic rings. The first-order valence-corrected chi connectivity index (χ1v) is 4.73. The molecule has 0 saturated heterocycles. The molecule has 4 heteroatoms. The molecule has 0 aliphatic heterocycles. The zero-order valence-electron chi connectivity index (χ0n) is 8.93. The van der Waals surface area contributed by atoms with Crippen LogP contribution >= 0.6 is 0 Å². The number of nitrogens with zero attached hydrogens (tertiary/aromatic N) is 1. The highest BCUT2D eigenvalue weighted by Crippen LogP contribution is 2.03. The summed E-state index contributed by atoms with van der Waals surface area (Å²) >= 11 is 0. The Balaban J connectivity index is 2.46. The average molecular weight is 216 g/mol. The van der Waals surface area contributed by atoms with Gasteiger partial charge >= 0.3 is 5.97 Å². The Kier molecular flexibility index (Phi) is 4.61. The molecule has 0 atom stereocenters. The number of nitrogens with one attached hydrogen (secondary N) is 1. The van der Waals surface area contributed by atoms with Crippen LogP contribution in [-0.2, 0) is 16.1 Å². The van der Waals surface area contributed by atoms with Crippen LogP contribution in [0.3, 0.4) is 0 Å². The Bertz CT molecular complexity index is 433. The van der Waals surface area contributed by atoms with Crippen molar-refractivity contribution in [2.24, 2.45) is 0 Å². The maximum atomic E-state index is 10.7. The SMILES string of the molecule is COC(=O)/C=C/NCc1cccc(C#N)c1. The van der Waals surface area contributed by atoms with Crippen LogP contribution in [0.1, 0.15) is 11.1 Å². The van der Waals surface area contributed by atoms with Gasteiger partial charge in [-0.15, -0.1) is 0 Å². The normalized spacial score (nSPS) is 9.75. The van der Waals surface area contributed by atoms with Gasteiger partial charge in [-0.1, -0.05) is 12.1 Å². The Morgan fingerprint density at radius 1 is 1.62 bits per heavy atom. The summed E-state index contributed by atoms with van der Waals surface area (Å²) in [6.45, 7) is 0.559. The fraction of sp³-hybridized carbons (Fsp3) is 0.167. The number of methoxy groups -OCH3 is 1. The van der Waals surface area contributed by atoms with Crippen molar-refractivity contribution in [1.29, 1.82) is 5.26 Å². The standard InChI is InChI=1S/C12H12N2O2/c1-16-12(15)5-6-14-9-11-4-2-3-10(7-11)8-13/h2-7,14H,9H2,1H3/b6-5+. The first kappa shape index (κ1) is 11.8. The summed E-state index contributed by atoms with van der Waals surface area (Å²) in [6, 6.07) is 9.32. The van der Waals surface area contributed by atoms with Gasteiger partial charge in [0.1, 0.15) is 0 Å². The number of esters is 1. The minimum Gasteiger partial charge on any atom is -0.466 e. The Morgan fingerprint density at radius 2 is 2.44 bits per heavy atom. The van der Waals surface area contributed by atoms with E-state index < -0.39 is 5.97 Å². The van der Waals surface area contributed by atoms with Gasteiger partial charge in [-0.05, 0) is 17.7 Å². The van der Waals surface area contributed by atoms with E-state index in [4.69, 9.17) is 5.26 Å². The third-order valence-corrected chi connectivity index (χ3v) is 1.90. The zero-order chi connectivity index (χ0) is 11.8. The number of carbonyl (C=O) groups is 1. The molecule has 0 radical (unpaired) electrons. The van der Waals surface area contributed by atoms with Crippen LogP contribution in [0.2, 0.25) is 0 Å². The van der Waals surface area contributed by atoms with Gasteiger partial charge in [-0.25, -0.2) is 4.79 Å². The largest absolute Gasteiger partial charge is 0.466 e. The first-order chi connectivity index (χ1) is 7.76. The van der Waals surface area contributed by atoms with Gasteiger partial charge in [0.2, 0.25) is 0 Å². The van der Waals surface area contributed by atoms with Crippen molar-refractivity contribution in [3.05, 3.63) is 47.7 Å². The molecule has 0 heterocycles. The lowest BCUT2D eigenvalue weighted by Crippen LogP contribution is -2.06. The maximum absolute atomic E-state index is 10.7. The molecule has 1 aromatic carbocycles. The lowest BCUT2D eigenvalue weighted by atomic mass is 10.1. The molecule has 0 aromatic heterocycles. The molecule has 1 rings (SSSR count). The summed E-state index contributed by atoms with van der Waals surface area (Å²) in [5, 5.41) is 11.6. The number of carbonyl (C=O) groups excluding carboxylic acids is 1. The summed E-state index contributed by atoms with van der Waals surface area (Å²) in [4.78, 5) is 10.7. The van der Waals surface area contributed by atoms with Gasteiger partial charge in [0, 0.05) is 18.8 Å². The second-order valence-corrected chi connectivity index (χ2v) is 3.05. The van der Waals surface area contributed by atoms with Crippen molar-refractivity contribution < 1.29 is 9.53 Å². The molecule has 82 valence electrons. The van der Waals surface area contributed by atoms with Crippen LogP contribution in [0.25, 0.3) is 0 Å². The molecular formula is C12H12N2O2. The van der Waals surface area contributed by atoms with E-state index in [9.17, 15) is 4.79 Å². The van der Waals surface area contributed by atoms with E-state index in [1.165, 1.54) is 19.4 Å². The van der Waals surface area contributed by atoms with Gasteiger partial charge in [-0.3, -0.25) is 0 Å². The van der Waals surface area contributed by atoms with E-state index in [1.807, 2.05) is 12.1 Å². The Morgan fingerprint density at radius 3 is 3.12 bits per heavy atom. The summed E-state index contributed by atoms with van der Waals surface area (Å²) < 4.78 is 4.43. The lowest BCUT2D eigenvalue weighted by Gasteiger charge is -2.01. The van der Waals surface area contributed by atoms with Crippen molar-refractivity contribution >= 4 is 5.97 Å². The molecule has 0 saturated carbocycles. The van der Waals surface area contributed by atoms with E-state index in [1.54, 1.807) is 12.1 Å². The van der Waals surface area contributed by atoms with Gasteiger partial charge in [0.25, 0.3) is 0 Å². The molecular weight excluding hydrogens is 204 g/mol. The summed E-state index contributed by atoms with van der Waals surface area (Å²) in [5.74, 6) is -0.404. The van der Waals surface area contributed by atoms with Crippen LogP contribution in [0, 0.1) is 11.3 Å². The minimum absolute atomic E-state index is 0.404. The van der Waals surface area contributed by atoms with Crippen molar-refractivity contribution in [2.45, 2.75) is 6.54 Å². The summed E-state index contributed by atoms with van der Waals surface area (Å²) in [6.07, 6.45) is 2.82. The average Bonchev–Trinajstić information content (AvgIpc) is 2.34. The molecule has 4 nitrogen and oxygen atoms in total. The van der Waals surface area contributed by atoms with Crippen LogP contribution in [0.4, 0.5) is 0 Å². The molecule has 0 unspecified atom stereocenters. The van der Waals surface area contributed by atoms with Gasteiger partial charge in [-0.2, -0.15) is 5.26 Å². The van der Waals surface area contributed by atoms with Crippen LogP contribution in [0.5, 0.6) is 0 Å². The zero-order valence-corrected chi connectivity index (χ0v) is 8.93. The van der Waals surface area contributed by atoms with Crippen LogP contribution < -0.4 is 5.32 Å². The highest BCUT2D eigenvalue weighted by atomic mass is 16.5. The third kappa shape index (κ3) is 3.84. The Labute approximate surface area is 94.1 Å². The number of nitriles is 1. The topological polar surface area (TPSA) is 62.1 Å². The fourth-order valence-corrected chi connectivity index (χ4v) is 1.12. The van der Waals surface area contributed by atoms with Crippen molar-refractivity contribution in [2.75, 3.05) is 7.11 Å². The fourth-order valence-electron chi connectivity index (χ4n) is 1.12. The maximum Gasteiger partial charge on any atom is 0.331 e. The first-order valence-electron chi connectivity index (χ1n) is 4.73. The monoisotopic (exact) mass is 216 g/mol. The number of hydrogen-bond acceptors (Lipinski definition) is 4. The predicted octanol–water partition coefficient (Wildman–Crippen LogP) is 1.33. The van der Waals surface area contributed by atoms with E-state index in [-0.39, 0.29) is 0 Å². The quantitative estimate of drug-likeness (QED) is 0.609. The predicted molar refractivity (Wildman–Crippen MR) is 59.2 cm³/mol. The number of ether oxygens (including phenoxy) is 1. The smallest absolute Gasteiger partial charge is 0.331 e. The molecule has 0 spiro atoms. The molecule has 16 heavy (non-hydrogen) atoms.